The van der Waals surface area contributed by atoms with Crippen molar-refractivity contribution in [2.45, 2.75) is 0 Å². The quantitative estimate of drug-likeness (QED) is 0.798. The molecule has 2 rings (SSSR count). The fraction of sp³-hybridized carbons (Fsp3) is 0.0714. The van der Waals surface area contributed by atoms with Crippen LogP contribution in [0.15, 0.2) is 40.9 Å². The highest BCUT2D eigenvalue weighted by Crippen LogP contribution is 2.25. The first-order valence-electron chi connectivity index (χ1n) is 5.36. The second-order valence-corrected chi connectivity index (χ2v) is 4.66. The molecule has 0 bridgehead atoms. The van der Waals surface area contributed by atoms with E-state index in [9.17, 15) is 13.6 Å². The SMILES string of the molecule is COc1ccc(Br)c(C(=O)c2ccc(F)c(F)c2)c1. The van der Waals surface area contributed by atoms with E-state index in [1.165, 1.54) is 19.2 Å². The van der Waals surface area contributed by atoms with Gasteiger partial charge in [0.05, 0.1) is 7.11 Å². The lowest BCUT2D eigenvalue weighted by Gasteiger charge is -2.07. The number of ether oxygens (including phenoxy) is 1. The van der Waals surface area contributed by atoms with Crippen LogP contribution in [0.2, 0.25) is 0 Å². The lowest BCUT2D eigenvalue weighted by molar-refractivity contribution is 0.103. The molecule has 98 valence electrons. The van der Waals surface area contributed by atoms with E-state index in [4.69, 9.17) is 4.74 Å². The zero-order valence-corrected chi connectivity index (χ0v) is 11.5. The van der Waals surface area contributed by atoms with Gasteiger partial charge in [0.15, 0.2) is 17.4 Å². The number of hydrogen-bond donors (Lipinski definition) is 0. The molecule has 0 spiro atoms. The van der Waals surface area contributed by atoms with Crippen molar-refractivity contribution in [3.8, 4) is 5.75 Å². The van der Waals surface area contributed by atoms with Gasteiger partial charge in [-0.05, 0) is 36.4 Å². The van der Waals surface area contributed by atoms with Crippen molar-refractivity contribution in [3.63, 3.8) is 0 Å². The van der Waals surface area contributed by atoms with Crippen LogP contribution in [0, 0.1) is 11.6 Å². The first-order chi connectivity index (χ1) is 9.02. The molecule has 0 unspecified atom stereocenters. The number of benzene rings is 2. The van der Waals surface area contributed by atoms with Gasteiger partial charge in [0.25, 0.3) is 0 Å². The highest BCUT2D eigenvalue weighted by atomic mass is 79.9. The minimum Gasteiger partial charge on any atom is -0.497 e. The average Bonchev–Trinajstić information content (AvgIpc) is 2.41. The van der Waals surface area contributed by atoms with Crippen LogP contribution < -0.4 is 4.74 Å². The topological polar surface area (TPSA) is 26.3 Å². The van der Waals surface area contributed by atoms with Crippen molar-refractivity contribution in [3.05, 3.63) is 63.6 Å². The minimum absolute atomic E-state index is 0.0767. The molecule has 0 heterocycles. The Kier molecular flexibility index (Phi) is 3.95. The third kappa shape index (κ3) is 2.81. The van der Waals surface area contributed by atoms with E-state index in [-0.39, 0.29) is 5.56 Å². The molecule has 2 aromatic carbocycles. The first-order valence-corrected chi connectivity index (χ1v) is 6.15. The maximum Gasteiger partial charge on any atom is 0.194 e. The van der Waals surface area contributed by atoms with Gasteiger partial charge in [-0.15, -0.1) is 0 Å². The van der Waals surface area contributed by atoms with Gasteiger partial charge in [0, 0.05) is 15.6 Å². The first kappa shape index (κ1) is 13.7. The summed E-state index contributed by atoms with van der Waals surface area (Å²) >= 11 is 3.25. The van der Waals surface area contributed by atoms with Crippen LogP contribution in [0.3, 0.4) is 0 Å². The van der Waals surface area contributed by atoms with E-state index in [1.54, 1.807) is 12.1 Å². The summed E-state index contributed by atoms with van der Waals surface area (Å²) in [6.45, 7) is 0. The second kappa shape index (κ2) is 5.48. The van der Waals surface area contributed by atoms with Crippen molar-refractivity contribution in [2.75, 3.05) is 7.11 Å². The van der Waals surface area contributed by atoms with E-state index in [0.717, 1.165) is 12.1 Å². The summed E-state index contributed by atoms with van der Waals surface area (Å²) in [5.74, 6) is -1.94. The van der Waals surface area contributed by atoms with Gasteiger partial charge in [-0.1, -0.05) is 15.9 Å². The monoisotopic (exact) mass is 326 g/mol. The van der Waals surface area contributed by atoms with Gasteiger partial charge in [0.1, 0.15) is 5.75 Å². The summed E-state index contributed by atoms with van der Waals surface area (Å²) in [5.41, 5.74) is 0.401. The Morgan fingerprint density at radius 1 is 1.11 bits per heavy atom. The van der Waals surface area contributed by atoms with Gasteiger partial charge in [-0.2, -0.15) is 0 Å². The fourth-order valence-corrected chi connectivity index (χ4v) is 2.02. The van der Waals surface area contributed by atoms with Gasteiger partial charge in [-0.25, -0.2) is 8.78 Å². The summed E-state index contributed by atoms with van der Waals surface area (Å²) in [6, 6.07) is 7.93. The maximum atomic E-state index is 13.1. The van der Waals surface area contributed by atoms with Crippen LogP contribution in [-0.4, -0.2) is 12.9 Å². The molecule has 2 nitrogen and oxygen atoms in total. The average molecular weight is 327 g/mol. The molecule has 0 aromatic heterocycles. The van der Waals surface area contributed by atoms with E-state index in [2.05, 4.69) is 15.9 Å². The van der Waals surface area contributed by atoms with E-state index < -0.39 is 17.4 Å². The number of hydrogen-bond acceptors (Lipinski definition) is 2. The molecule has 0 aliphatic carbocycles. The molecule has 0 radical (unpaired) electrons. The Labute approximate surface area is 117 Å². The van der Waals surface area contributed by atoms with Crippen LogP contribution in [0.4, 0.5) is 8.78 Å². The molecule has 19 heavy (non-hydrogen) atoms. The molecule has 0 aliphatic heterocycles. The Bertz CT molecular complexity index is 641. The largest absolute Gasteiger partial charge is 0.497 e. The zero-order valence-electron chi connectivity index (χ0n) is 9.91. The summed E-state index contributed by atoms with van der Waals surface area (Å²) in [5, 5.41) is 0. The highest BCUT2D eigenvalue weighted by Gasteiger charge is 2.15. The Balaban J connectivity index is 2.46. The number of carbonyl (C=O) groups excluding carboxylic acids is 1. The van der Waals surface area contributed by atoms with Gasteiger partial charge in [0.2, 0.25) is 0 Å². The maximum absolute atomic E-state index is 13.1. The molecule has 5 heteroatoms. The summed E-state index contributed by atoms with van der Waals surface area (Å²) in [4.78, 5) is 12.2. The number of halogens is 3. The van der Waals surface area contributed by atoms with Crippen LogP contribution in [0.5, 0.6) is 5.75 Å². The second-order valence-electron chi connectivity index (χ2n) is 3.80. The molecular formula is C14H9BrF2O2. The predicted molar refractivity (Wildman–Crippen MR) is 70.5 cm³/mol. The summed E-state index contributed by atoms with van der Waals surface area (Å²) < 4.78 is 31.6. The molecule has 2 aromatic rings. The smallest absolute Gasteiger partial charge is 0.194 e. The zero-order chi connectivity index (χ0) is 14.0. The van der Waals surface area contributed by atoms with Crippen molar-refractivity contribution in [2.24, 2.45) is 0 Å². The highest BCUT2D eigenvalue weighted by molar-refractivity contribution is 9.10. The van der Waals surface area contributed by atoms with Crippen LogP contribution in [0.1, 0.15) is 15.9 Å². The molecular weight excluding hydrogens is 318 g/mol. The fourth-order valence-electron chi connectivity index (χ4n) is 1.60. The van der Waals surface area contributed by atoms with Crippen molar-refractivity contribution < 1.29 is 18.3 Å². The van der Waals surface area contributed by atoms with Crippen LogP contribution in [-0.2, 0) is 0 Å². The summed E-state index contributed by atoms with van der Waals surface area (Å²) in [7, 11) is 1.48. The van der Waals surface area contributed by atoms with E-state index >= 15 is 0 Å². The predicted octanol–water partition coefficient (Wildman–Crippen LogP) is 3.97. The molecule has 0 N–H and O–H groups in total. The van der Waals surface area contributed by atoms with Gasteiger partial charge in [-0.3, -0.25) is 4.79 Å². The molecule has 0 saturated heterocycles. The third-order valence-corrected chi connectivity index (χ3v) is 3.29. The van der Waals surface area contributed by atoms with Crippen LogP contribution in [0.25, 0.3) is 0 Å². The lowest BCUT2D eigenvalue weighted by atomic mass is 10.0. The van der Waals surface area contributed by atoms with E-state index in [0.29, 0.717) is 15.8 Å². The minimum atomic E-state index is -1.05. The normalized spacial score (nSPS) is 10.3. The molecule has 0 atom stereocenters. The van der Waals surface area contributed by atoms with Crippen molar-refractivity contribution in [1.82, 2.24) is 0 Å². The lowest BCUT2D eigenvalue weighted by Crippen LogP contribution is -2.04. The third-order valence-electron chi connectivity index (χ3n) is 2.60. The molecule has 0 saturated carbocycles. The Morgan fingerprint density at radius 2 is 1.84 bits per heavy atom. The van der Waals surface area contributed by atoms with Crippen molar-refractivity contribution >= 4 is 21.7 Å². The Morgan fingerprint density at radius 3 is 2.47 bits per heavy atom. The van der Waals surface area contributed by atoms with Gasteiger partial charge >= 0.3 is 0 Å². The molecule has 0 amide bonds. The molecule has 0 fully saturated rings. The number of methoxy groups -OCH3 is 1. The number of ketones is 1. The van der Waals surface area contributed by atoms with Gasteiger partial charge < -0.3 is 4.74 Å². The molecule has 0 aliphatic rings. The van der Waals surface area contributed by atoms with Crippen LogP contribution >= 0.6 is 15.9 Å². The standard InChI is InChI=1S/C14H9BrF2O2/c1-19-9-3-4-11(15)10(7-9)14(18)8-2-5-12(16)13(17)6-8/h2-7H,1H3. The Hall–Kier alpha value is -1.75. The summed E-state index contributed by atoms with van der Waals surface area (Å²) in [6.07, 6.45) is 0. The van der Waals surface area contributed by atoms with Crippen molar-refractivity contribution in [1.29, 1.82) is 0 Å². The number of carbonyl (C=O) groups is 1. The number of rotatable bonds is 3. The van der Waals surface area contributed by atoms with E-state index in [1.807, 2.05) is 0 Å².